The number of benzene rings is 2. The monoisotopic (exact) mass is 406 g/mol. The minimum absolute atomic E-state index is 0.285. The van der Waals surface area contributed by atoms with Gasteiger partial charge in [-0.25, -0.2) is 9.50 Å². The van der Waals surface area contributed by atoms with Crippen LogP contribution in [0.4, 0.5) is 5.69 Å². The van der Waals surface area contributed by atoms with E-state index in [1.165, 1.54) is 0 Å². The van der Waals surface area contributed by atoms with Gasteiger partial charge < -0.3 is 10.1 Å². The summed E-state index contributed by atoms with van der Waals surface area (Å²) in [6.07, 6.45) is 1.58. The van der Waals surface area contributed by atoms with Crippen molar-refractivity contribution in [1.82, 2.24) is 14.6 Å². The maximum absolute atomic E-state index is 12.8. The van der Waals surface area contributed by atoms with Crippen LogP contribution in [0, 0.1) is 13.8 Å². The third kappa shape index (κ3) is 3.43. The molecule has 29 heavy (non-hydrogen) atoms. The summed E-state index contributed by atoms with van der Waals surface area (Å²) in [4.78, 5) is 17.4. The molecule has 1 amide bonds. The molecule has 6 nitrogen and oxygen atoms in total. The van der Waals surface area contributed by atoms with Crippen LogP contribution < -0.4 is 10.1 Å². The summed E-state index contributed by atoms with van der Waals surface area (Å²) in [6, 6.07) is 15.1. The number of amides is 1. The van der Waals surface area contributed by atoms with Crippen molar-refractivity contribution >= 4 is 28.8 Å². The number of halogens is 1. The molecule has 146 valence electrons. The summed E-state index contributed by atoms with van der Waals surface area (Å²) in [5.74, 6) is 0.261. The van der Waals surface area contributed by atoms with Crippen LogP contribution in [-0.4, -0.2) is 27.6 Å². The van der Waals surface area contributed by atoms with E-state index in [4.69, 9.17) is 16.3 Å². The molecule has 0 radical (unpaired) electrons. The van der Waals surface area contributed by atoms with Crippen molar-refractivity contribution in [3.63, 3.8) is 0 Å². The zero-order valence-corrected chi connectivity index (χ0v) is 17.0. The second-order valence-electron chi connectivity index (χ2n) is 6.62. The summed E-state index contributed by atoms with van der Waals surface area (Å²) in [5.41, 5.74) is 5.28. The van der Waals surface area contributed by atoms with Gasteiger partial charge in [0.15, 0.2) is 5.65 Å². The Morgan fingerprint density at radius 2 is 1.90 bits per heavy atom. The fourth-order valence-electron chi connectivity index (χ4n) is 3.31. The number of anilines is 1. The van der Waals surface area contributed by atoms with Crippen LogP contribution in [0.1, 0.15) is 21.7 Å². The quantitative estimate of drug-likeness (QED) is 0.522. The lowest BCUT2D eigenvalue weighted by molar-refractivity contribution is 0.102. The van der Waals surface area contributed by atoms with E-state index in [9.17, 15) is 4.79 Å². The lowest BCUT2D eigenvalue weighted by Crippen LogP contribution is -2.16. The molecule has 2 aromatic heterocycles. The Hall–Kier alpha value is -3.38. The van der Waals surface area contributed by atoms with Crippen molar-refractivity contribution in [2.45, 2.75) is 13.8 Å². The van der Waals surface area contributed by atoms with Crippen LogP contribution in [0.25, 0.3) is 16.8 Å². The van der Waals surface area contributed by atoms with Gasteiger partial charge in [-0.2, -0.15) is 5.10 Å². The van der Waals surface area contributed by atoms with Gasteiger partial charge in [-0.3, -0.25) is 4.79 Å². The predicted octanol–water partition coefficient (Wildman–Crippen LogP) is 4.93. The summed E-state index contributed by atoms with van der Waals surface area (Å²) in [7, 11) is 1.54. The van der Waals surface area contributed by atoms with Crippen LogP contribution >= 0.6 is 11.6 Å². The van der Waals surface area contributed by atoms with E-state index in [0.717, 1.165) is 22.5 Å². The first-order chi connectivity index (χ1) is 14.0. The molecule has 0 aliphatic heterocycles. The summed E-state index contributed by atoms with van der Waals surface area (Å²) in [5, 5.41) is 7.88. The molecule has 0 saturated carbocycles. The SMILES string of the molecule is COc1ccc(NC(=O)c2cnc3c(-c4ccccc4)c(C)nn3c2C)cc1Cl. The number of aromatic nitrogens is 3. The van der Waals surface area contributed by atoms with E-state index < -0.39 is 0 Å². The maximum atomic E-state index is 12.8. The standard InChI is InChI=1S/C22H19ClN4O2/c1-13-20(15-7-5-4-6-8-15)21-24-12-17(14(2)27(21)26-13)22(28)25-16-9-10-19(29-3)18(23)11-16/h4-12H,1-3H3,(H,25,28). The Balaban J connectivity index is 1.71. The molecule has 4 rings (SSSR count). The highest BCUT2D eigenvalue weighted by atomic mass is 35.5. The minimum atomic E-state index is -0.285. The van der Waals surface area contributed by atoms with Crippen molar-refractivity contribution in [2.75, 3.05) is 12.4 Å². The van der Waals surface area contributed by atoms with Crippen molar-refractivity contribution in [3.05, 3.63) is 76.7 Å². The Labute approximate surface area is 173 Å². The van der Waals surface area contributed by atoms with Crippen molar-refractivity contribution in [3.8, 4) is 16.9 Å². The van der Waals surface area contributed by atoms with Crippen LogP contribution in [0.3, 0.4) is 0 Å². The number of nitrogens with one attached hydrogen (secondary N) is 1. The number of hydrogen-bond acceptors (Lipinski definition) is 4. The number of rotatable bonds is 4. The molecule has 1 N–H and O–H groups in total. The number of hydrogen-bond donors (Lipinski definition) is 1. The zero-order chi connectivity index (χ0) is 20.5. The molecule has 0 fully saturated rings. The second-order valence-corrected chi connectivity index (χ2v) is 7.03. The minimum Gasteiger partial charge on any atom is -0.495 e. The summed E-state index contributed by atoms with van der Waals surface area (Å²) in [6.45, 7) is 3.79. The summed E-state index contributed by atoms with van der Waals surface area (Å²) < 4.78 is 6.86. The molecule has 0 aliphatic rings. The van der Waals surface area contributed by atoms with Crippen LogP contribution in [0.2, 0.25) is 5.02 Å². The van der Waals surface area contributed by atoms with Gasteiger partial charge in [0.05, 0.1) is 29.1 Å². The number of fused-ring (bicyclic) bond motifs is 1. The number of nitrogens with zero attached hydrogens (tertiary/aromatic N) is 3. The number of carbonyl (C=O) groups is 1. The van der Waals surface area contributed by atoms with Gasteiger partial charge in [0.2, 0.25) is 0 Å². The van der Waals surface area contributed by atoms with Gasteiger partial charge in [0.25, 0.3) is 5.91 Å². The molecule has 0 unspecified atom stereocenters. The Kier molecular flexibility index (Phi) is 4.94. The number of methoxy groups -OCH3 is 1. The molecular formula is C22H19ClN4O2. The van der Waals surface area contributed by atoms with Crippen molar-refractivity contribution < 1.29 is 9.53 Å². The third-order valence-electron chi connectivity index (χ3n) is 4.78. The highest BCUT2D eigenvalue weighted by Gasteiger charge is 2.19. The van der Waals surface area contributed by atoms with Crippen molar-refractivity contribution in [1.29, 1.82) is 0 Å². The first-order valence-corrected chi connectivity index (χ1v) is 9.42. The largest absolute Gasteiger partial charge is 0.495 e. The first kappa shape index (κ1) is 19.0. The summed E-state index contributed by atoms with van der Waals surface area (Å²) >= 11 is 6.14. The fraction of sp³-hybridized carbons (Fsp3) is 0.136. The van der Waals surface area contributed by atoms with Gasteiger partial charge in [-0.05, 0) is 37.6 Å². The highest BCUT2D eigenvalue weighted by molar-refractivity contribution is 6.32. The van der Waals surface area contributed by atoms with Gasteiger partial charge >= 0.3 is 0 Å². The molecule has 7 heteroatoms. The van der Waals surface area contributed by atoms with Crippen molar-refractivity contribution in [2.24, 2.45) is 0 Å². The van der Waals surface area contributed by atoms with E-state index in [2.05, 4.69) is 15.4 Å². The van der Waals surface area contributed by atoms with Gasteiger partial charge in [-0.15, -0.1) is 0 Å². The number of ether oxygens (including phenoxy) is 1. The lowest BCUT2D eigenvalue weighted by Gasteiger charge is -2.10. The lowest BCUT2D eigenvalue weighted by atomic mass is 10.1. The zero-order valence-electron chi connectivity index (χ0n) is 16.2. The van der Waals surface area contributed by atoms with Crippen LogP contribution in [0.15, 0.2) is 54.7 Å². The normalized spacial score (nSPS) is 10.9. The van der Waals surface area contributed by atoms with E-state index >= 15 is 0 Å². The van der Waals surface area contributed by atoms with Gasteiger partial charge in [0.1, 0.15) is 5.75 Å². The molecule has 0 bridgehead atoms. The number of carbonyl (C=O) groups excluding carboxylic acids is 1. The van der Waals surface area contributed by atoms with Gasteiger partial charge in [0, 0.05) is 17.4 Å². The Morgan fingerprint density at radius 3 is 2.59 bits per heavy atom. The predicted molar refractivity (Wildman–Crippen MR) is 114 cm³/mol. The molecule has 0 atom stereocenters. The molecule has 2 aromatic carbocycles. The Bertz CT molecular complexity index is 1220. The molecule has 2 heterocycles. The van der Waals surface area contributed by atoms with Crippen LogP contribution in [-0.2, 0) is 0 Å². The smallest absolute Gasteiger partial charge is 0.259 e. The molecular weight excluding hydrogens is 388 g/mol. The fourth-order valence-corrected chi connectivity index (χ4v) is 3.57. The average Bonchev–Trinajstić information content (AvgIpc) is 3.06. The van der Waals surface area contributed by atoms with E-state index in [1.807, 2.05) is 44.2 Å². The first-order valence-electron chi connectivity index (χ1n) is 9.05. The van der Waals surface area contributed by atoms with Crippen LogP contribution in [0.5, 0.6) is 5.75 Å². The maximum Gasteiger partial charge on any atom is 0.259 e. The third-order valence-corrected chi connectivity index (χ3v) is 5.07. The number of aryl methyl sites for hydroxylation is 2. The molecule has 4 aromatic rings. The second kappa shape index (κ2) is 7.56. The van der Waals surface area contributed by atoms with Gasteiger partial charge in [-0.1, -0.05) is 41.9 Å². The van der Waals surface area contributed by atoms with E-state index in [-0.39, 0.29) is 5.91 Å². The van der Waals surface area contributed by atoms with E-state index in [1.54, 1.807) is 36.0 Å². The molecule has 0 spiro atoms. The average molecular weight is 407 g/mol. The van der Waals surface area contributed by atoms with E-state index in [0.29, 0.717) is 27.7 Å². The topological polar surface area (TPSA) is 68.5 Å². The molecule has 0 saturated heterocycles. The Morgan fingerprint density at radius 1 is 1.14 bits per heavy atom. The highest BCUT2D eigenvalue weighted by Crippen LogP contribution is 2.29. The molecule has 0 aliphatic carbocycles.